The minimum atomic E-state index is 0.558. The van der Waals surface area contributed by atoms with E-state index in [-0.39, 0.29) is 0 Å². The summed E-state index contributed by atoms with van der Waals surface area (Å²) in [5.41, 5.74) is 7.06. The average molecular weight is 329 g/mol. The van der Waals surface area contributed by atoms with Crippen LogP contribution in [0.1, 0.15) is 19.4 Å². The molecule has 19 heavy (non-hydrogen) atoms. The van der Waals surface area contributed by atoms with Gasteiger partial charge in [0.2, 0.25) is 0 Å². The van der Waals surface area contributed by atoms with Gasteiger partial charge in [-0.25, -0.2) is 0 Å². The molecule has 1 rings (SSSR count). The standard InChI is InChI=1S/C15H25BrN2O/c1-11(2)13(9-17)10-18-7-6-12-4-5-15(19-3)14(16)8-12/h4-5,8,11,13,18H,6-7,9-10,17H2,1-3H3. The molecular weight excluding hydrogens is 304 g/mol. The molecule has 0 aliphatic heterocycles. The maximum atomic E-state index is 5.76. The number of benzene rings is 1. The lowest BCUT2D eigenvalue weighted by atomic mass is 9.96. The molecule has 1 unspecified atom stereocenters. The molecule has 0 fully saturated rings. The predicted octanol–water partition coefficient (Wildman–Crippen LogP) is 2.82. The smallest absolute Gasteiger partial charge is 0.133 e. The molecule has 3 nitrogen and oxygen atoms in total. The van der Waals surface area contributed by atoms with Crippen LogP contribution in [-0.4, -0.2) is 26.7 Å². The Morgan fingerprint density at radius 3 is 2.63 bits per heavy atom. The first-order valence-electron chi connectivity index (χ1n) is 6.81. The molecule has 1 aromatic rings. The minimum Gasteiger partial charge on any atom is -0.496 e. The van der Waals surface area contributed by atoms with Crippen LogP contribution in [0.15, 0.2) is 22.7 Å². The number of halogens is 1. The third-order valence-electron chi connectivity index (χ3n) is 3.46. The first kappa shape index (κ1) is 16.5. The summed E-state index contributed by atoms with van der Waals surface area (Å²) in [5.74, 6) is 2.06. The Kier molecular flexibility index (Phi) is 7.42. The first-order valence-corrected chi connectivity index (χ1v) is 7.61. The van der Waals surface area contributed by atoms with Crippen molar-refractivity contribution < 1.29 is 4.74 Å². The quantitative estimate of drug-likeness (QED) is 0.721. The van der Waals surface area contributed by atoms with Gasteiger partial charge in [-0.3, -0.25) is 0 Å². The van der Waals surface area contributed by atoms with Gasteiger partial charge in [0.25, 0.3) is 0 Å². The third kappa shape index (κ3) is 5.51. The van der Waals surface area contributed by atoms with Crippen LogP contribution in [0.25, 0.3) is 0 Å². The molecule has 0 saturated heterocycles. The van der Waals surface area contributed by atoms with E-state index in [1.165, 1.54) is 5.56 Å². The lowest BCUT2D eigenvalue weighted by molar-refractivity contribution is 0.372. The van der Waals surface area contributed by atoms with E-state index in [0.717, 1.165) is 36.3 Å². The van der Waals surface area contributed by atoms with Gasteiger partial charge in [-0.15, -0.1) is 0 Å². The molecule has 0 saturated carbocycles. The van der Waals surface area contributed by atoms with Crippen LogP contribution < -0.4 is 15.8 Å². The van der Waals surface area contributed by atoms with E-state index in [2.05, 4.69) is 47.2 Å². The van der Waals surface area contributed by atoms with E-state index in [1.54, 1.807) is 7.11 Å². The molecule has 108 valence electrons. The number of rotatable bonds is 8. The van der Waals surface area contributed by atoms with Crippen LogP contribution in [0.5, 0.6) is 5.75 Å². The van der Waals surface area contributed by atoms with Crippen LogP contribution in [0.4, 0.5) is 0 Å². The maximum absolute atomic E-state index is 5.76. The van der Waals surface area contributed by atoms with E-state index < -0.39 is 0 Å². The van der Waals surface area contributed by atoms with Crippen LogP contribution in [0, 0.1) is 11.8 Å². The number of ether oxygens (including phenoxy) is 1. The van der Waals surface area contributed by atoms with Crippen LogP contribution >= 0.6 is 15.9 Å². The number of methoxy groups -OCH3 is 1. The van der Waals surface area contributed by atoms with Gasteiger partial charge >= 0.3 is 0 Å². The van der Waals surface area contributed by atoms with E-state index >= 15 is 0 Å². The summed E-state index contributed by atoms with van der Waals surface area (Å²) in [4.78, 5) is 0. The minimum absolute atomic E-state index is 0.558. The fourth-order valence-electron chi connectivity index (χ4n) is 1.98. The molecule has 0 spiro atoms. The zero-order chi connectivity index (χ0) is 14.3. The van der Waals surface area contributed by atoms with Crippen LogP contribution in [0.3, 0.4) is 0 Å². The molecule has 1 atom stereocenters. The lowest BCUT2D eigenvalue weighted by Gasteiger charge is -2.19. The number of hydrogen-bond donors (Lipinski definition) is 2. The molecule has 3 N–H and O–H groups in total. The van der Waals surface area contributed by atoms with Crippen molar-refractivity contribution in [3.05, 3.63) is 28.2 Å². The van der Waals surface area contributed by atoms with E-state index in [1.807, 2.05) is 6.07 Å². The zero-order valence-corrected chi connectivity index (χ0v) is 13.7. The monoisotopic (exact) mass is 328 g/mol. The Morgan fingerprint density at radius 2 is 2.11 bits per heavy atom. The first-order chi connectivity index (χ1) is 9.08. The van der Waals surface area contributed by atoms with Gasteiger partial charge in [-0.2, -0.15) is 0 Å². The Bertz CT molecular complexity index is 382. The van der Waals surface area contributed by atoms with Crippen molar-refractivity contribution in [1.82, 2.24) is 5.32 Å². The molecule has 0 amide bonds. The highest BCUT2D eigenvalue weighted by atomic mass is 79.9. The largest absolute Gasteiger partial charge is 0.496 e. The maximum Gasteiger partial charge on any atom is 0.133 e. The summed E-state index contributed by atoms with van der Waals surface area (Å²) < 4.78 is 6.23. The molecule has 0 heterocycles. The molecule has 0 aromatic heterocycles. The lowest BCUT2D eigenvalue weighted by Crippen LogP contribution is -2.32. The second-order valence-corrected chi connectivity index (χ2v) is 6.02. The average Bonchev–Trinajstić information content (AvgIpc) is 2.38. The molecule has 0 bridgehead atoms. The van der Waals surface area contributed by atoms with Crippen LogP contribution in [0.2, 0.25) is 0 Å². The van der Waals surface area contributed by atoms with E-state index in [4.69, 9.17) is 10.5 Å². The van der Waals surface area contributed by atoms with Crippen LogP contribution in [-0.2, 0) is 6.42 Å². The van der Waals surface area contributed by atoms with Crippen molar-refractivity contribution in [2.24, 2.45) is 17.6 Å². The van der Waals surface area contributed by atoms with E-state index in [0.29, 0.717) is 11.8 Å². The summed E-state index contributed by atoms with van der Waals surface area (Å²) >= 11 is 3.51. The van der Waals surface area contributed by atoms with Gasteiger partial charge in [0.15, 0.2) is 0 Å². The second-order valence-electron chi connectivity index (χ2n) is 5.16. The Balaban J connectivity index is 2.35. The Hall–Kier alpha value is -0.580. The molecule has 0 aliphatic carbocycles. The summed E-state index contributed by atoms with van der Waals surface area (Å²) in [6.45, 7) is 7.16. The van der Waals surface area contributed by atoms with E-state index in [9.17, 15) is 0 Å². The van der Waals surface area contributed by atoms with Gasteiger partial charge in [-0.1, -0.05) is 19.9 Å². The molecule has 0 aliphatic rings. The highest BCUT2D eigenvalue weighted by Gasteiger charge is 2.10. The second kappa shape index (κ2) is 8.56. The highest BCUT2D eigenvalue weighted by Crippen LogP contribution is 2.25. The molecule has 4 heteroatoms. The number of nitrogens with two attached hydrogens (primary N) is 1. The van der Waals surface area contributed by atoms with Crippen molar-refractivity contribution in [3.8, 4) is 5.75 Å². The summed E-state index contributed by atoms with van der Waals surface area (Å²) in [6, 6.07) is 6.22. The van der Waals surface area contributed by atoms with Gasteiger partial charge in [0, 0.05) is 0 Å². The van der Waals surface area contributed by atoms with Crippen molar-refractivity contribution in [3.63, 3.8) is 0 Å². The zero-order valence-electron chi connectivity index (χ0n) is 12.1. The topological polar surface area (TPSA) is 47.3 Å². The highest BCUT2D eigenvalue weighted by molar-refractivity contribution is 9.10. The van der Waals surface area contributed by atoms with Crippen molar-refractivity contribution >= 4 is 15.9 Å². The number of nitrogens with one attached hydrogen (secondary N) is 1. The van der Waals surface area contributed by atoms with Gasteiger partial charge < -0.3 is 15.8 Å². The van der Waals surface area contributed by atoms with Gasteiger partial charge in [0.05, 0.1) is 11.6 Å². The molecule has 0 radical (unpaired) electrons. The molecular formula is C15H25BrN2O. The summed E-state index contributed by atoms with van der Waals surface area (Å²) in [6.07, 6.45) is 1.01. The van der Waals surface area contributed by atoms with Crippen molar-refractivity contribution in [2.75, 3.05) is 26.7 Å². The SMILES string of the molecule is COc1ccc(CCNCC(CN)C(C)C)cc1Br. The van der Waals surface area contributed by atoms with Crippen molar-refractivity contribution in [1.29, 1.82) is 0 Å². The van der Waals surface area contributed by atoms with Crippen molar-refractivity contribution in [2.45, 2.75) is 20.3 Å². The predicted molar refractivity (Wildman–Crippen MR) is 84.7 cm³/mol. The van der Waals surface area contributed by atoms with Gasteiger partial charge in [0.1, 0.15) is 5.75 Å². The Morgan fingerprint density at radius 1 is 1.37 bits per heavy atom. The normalized spacial score (nSPS) is 12.7. The Labute approximate surface area is 125 Å². The fourth-order valence-corrected chi connectivity index (χ4v) is 2.56. The van der Waals surface area contributed by atoms with Gasteiger partial charge in [-0.05, 0) is 71.5 Å². The third-order valence-corrected chi connectivity index (χ3v) is 4.08. The molecule has 1 aromatic carbocycles. The number of hydrogen-bond acceptors (Lipinski definition) is 3. The fraction of sp³-hybridized carbons (Fsp3) is 0.600. The summed E-state index contributed by atoms with van der Waals surface area (Å²) in [7, 11) is 1.68. The summed E-state index contributed by atoms with van der Waals surface area (Å²) in [5, 5.41) is 3.49.